The first kappa shape index (κ1) is 13.8. The highest BCUT2D eigenvalue weighted by Gasteiger charge is 2.33. The lowest BCUT2D eigenvalue weighted by atomic mass is 9.98. The van der Waals surface area contributed by atoms with Crippen LogP contribution in [0.15, 0.2) is 0 Å². The molecular weight excluding hydrogens is 236 g/mol. The first-order valence-electron chi connectivity index (χ1n) is 8.51. The van der Waals surface area contributed by atoms with Crippen LogP contribution < -0.4 is 5.32 Å². The molecule has 0 spiro atoms. The van der Waals surface area contributed by atoms with E-state index in [1.54, 1.807) is 0 Å². The van der Waals surface area contributed by atoms with Gasteiger partial charge >= 0.3 is 0 Å². The molecule has 0 aromatic carbocycles. The second kappa shape index (κ2) is 7.05. The highest BCUT2D eigenvalue weighted by molar-refractivity contribution is 4.91. The van der Waals surface area contributed by atoms with E-state index in [1.807, 2.05) is 0 Å². The number of rotatable bonds is 7. The number of nitrogens with one attached hydrogen (secondary N) is 1. The molecule has 0 bridgehead atoms. The molecule has 19 heavy (non-hydrogen) atoms. The first-order chi connectivity index (χ1) is 9.42. The van der Waals surface area contributed by atoms with Crippen molar-refractivity contribution in [1.29, 1.82) is 0 Å². The maximum atomic E-state index is 5.97. The van der Waals surface area contributed by atoms with Crippen LogP contribution in [-0.4, -0.2) is 49.3 Å². The van der Waals surface area contributed by atoms with Gasteiger partial charge in [0.1, 0.15) is 0 Å². The van der Waals surface area contributed by atoms with Crippen molar-refractivity contribution < 1.29 is 4.74 Å². The van der Waals surface area contributed by atoms with Crippen LogP contribution >= 0.6 is 0 Å². The van der Waals surface area contributed by atoms with Gasteiger partial charge < -0.3 is 10.1 Å². The van der Waals surface area contributed by atoms with Crippen LogP contribution in [0.4, 0.5) is 0 Å². The summed E-state index contributed by atoms with van der Waals surface area (Å²) in [7, 11) is 0. The Hall–Kier alpha value is -0.120. The van der Waals surface area contributed by atoms with E-state index in [4.69, 9.17) is 4.74 Å². The molecule has 3 aliphatic rings. The van der Waals surface area contributed by atoms with Gasteiger partial charge in [0.05, 0.1) is 6.10 Å². The van der Waals surface area contributed by atoms with Gasteiger partial charge in [0.15, 0.2) is 0 Å². The maximum absolute atomic E-state index is 5.97. The summed E-state index contributed by atoms with van der Waals surface area (Å²) >= 11 is 0. The third kappa shape index (κ3) is 4.44. The predicted molar refractivity (Wildman–Crippen MR) is 78.4 cm³/mol. The lowest BCUT2D eigenvalue weighted by Crippen LogP contribution is -2.34. The summed E-state index contributed by atoms with van der Waals surface area (Å²) in [6.07, 6.45) is 12.8. The minimum atomic E-state index is 0.575. The summed E-state index contributed by atoms with van der Waals surface area (Å²) < 4.78 is 5.97. The Morgan fingerprint density at radius 3 is 2.63 bits per heavy atom. The molecule has 3 fully saturated rings. The highest BCUT2D eigenvalue weighted by Crippen LogP contribution is 2.29. The molecule has 110 valence electrons. The van der Waals surface area contributed by atoms with Gasteiger partial charge in [-0.05, 0) is 45.1 Å². The highest BCUT2D eigenvalue weighted by atomic mass is 16.5. The molecule has 0 aromatic rings. The van der Waals surface area contributed by atoms with Crippen LogP contribution in [0.2, 0.25) is 0 Å². The molecule has 1 N–H and O–H groups in total. The van der Waals surface area contributed by atoms with E-state index >= 15 is 0 Å². The molecule has 1 saturated heterocycles. The quantitative estimate of drug-likeness (QED) is 0.717. The van der Waals surface area contributed by atoms with Gasteiger partial charge in [-0.1, -0.05) is 19.3 Å². The third-order valence-corrected chi connectivity index (χ3v) is 4.94. The molecule has 1 atom stereocenters. The van der Waals surface area contributed by atoms with Gasteiger partial charge in [-0.3, -0.25) is 4.90 Å². The SMILES string of the molecule is C1CCC(OCCCNC2CCN(C3CC3)C2)CC1. The van der Waals surface area contributed by atoms with E-state index in [2.05, 4.69) is 10.2 Å². The number of nitrogens with zero attached hydrogens (tertiary/aromatic N) is 1. The zero-order valence-corrected chi connectivity index (χ0v) is 12.3. The van der Waals surface area contributed by atoms with Crippen LogP contribution in [-0.2, 0) is 4.74 Å². The second-order valence-corrected chi connectivity index (χ2v) is 6.65. The van der Waals surface area contributed by atoms with E-state index in [0.717, 1.165) is 25.2 Å². The van der Waals surface area contributed by atoms with Crippen LogP contribution in [0.5, 0.6) is 0 Å². The summed E-state index contributed by atoms with van der Waals surface area (Å²) in [5.74, 6) is 0. The van der Waals surface area contributed by atoms with Crippen molar-refractivity contribution in [3.8, 4) is 0 Å². The van der Waals surface area contributed by atoms with E-state index in [0.29, 0.717) is 6.10 Å². The molecule has 0 aromatic heterocycles. The summed E-state index contributed by atoms with van der Waals surface area (Å²) in [6, 6.07) is 1.69. The molecule has 2 saturated carbocycles. The van der Waals surface area contributed by atoms with Crippen LogP contribution in [0, 0.1) is 0 Å². The molecule has 1 heterocycles. The Kier molecular flexibility index (Phi) is 5.14. The lowest BCUT2D eigenvalue weighted by Gasteiger charge is -2.22. The van der Waals surface area contributed by atoms with E-state index in [9.17, 15) is 0 Å². The van der Waals surface area contributed by atoms with Crippen molar-refractivity contribution in [2.75, 3.05) is 26.2 Å². The molecule has 1 unspecified atom stereocenters. The van der Waals surface area contributed by atoms with E-state index < -0.39 is 0 Å². The van der Waals surface area contributed by atoms with Gasteiger partial charge in [-0.15, -0.1) is 0 Å². The smallest absolute Gasteiger partial charge is 0.0575 e. The molecular formula is C16H30N2O. The molecule has 1 aliphatic heterocycles. The molecule has 3 heteroatoms. The number of likely N-dealkylation sites (tertiary alicyclic amines) is 1. The Balaban J connectivity index is 1.19. The van der Waals surface area contributed by atoms with Gasteiger partial charge in [0, 0.05) is 31.8 Å². The van der Waals surface area contributed by atoms with Crippen molar-refractivity contribution in [3.63, 3.8) is 0 Å². The van der Waals surface area contributed by atoms with E-state index in [-0.39, 0.29) is 0 Å². The number of hydrogen-bond acceptors (Lipinski definition) is 3. The average molecular weight is 266 g/mol. The van der Waals surface area contributed by atoms with Gasteiger partial charge in [-0.25, -0.2) is 0 Å². The summed E-state index contributed by atoms with van der Waals surface area (Å²) in [5, 5.41) is 3.71. The predicted octanol–water partition coefficient (Wildman–Crippen LogP) is 2.55. The van der Waals surface area contributed by atoms with Gasteiger partial charge in [0.2, 0.25) is 0 Å². The minimum Gasteiger partial charge on any atom is -0.378 e. The Morgan fingerprint density at radius 1 is 1.00 bits per heavy atom. The van der Waals surface area contributed by atoms with Crippen molar-refractivity contribution in [2.45, 2.75) is 76.0 Å². The second-order valence-electron chi connectivity index (χ2n) is 6.65. The monoisotopic (exact) mass is 266 g/mol. The summed E-state index contributed by atoms with van der Waals surface area (Å²) in [4.78, 5) is 2.68. The van der Waals surface area contributed by atoms with Crippen molar-refractivity contribution >= 4 is 0 Å². The lowest BCUT2D eigenvalue weighted by molar-refractivity contribution is 0.0271. The van der Waals surface area contributed by atoms with Gasteiger partial charge in [-0.2, -0.15) is 0 Å². The van der Waals surface area contributed by atoms with Crippen LogP contribution in [0.1, 0.15) is 57.8 Å². The summed E-state index contributed by atoms with van der Waals surface area (Å²) in [6.45, 7) is 4.70. The zero-order chi connectivity index (χ0) is 12.9. The van der Waals surface area contributed by atoms with Gasteiger partial charge in [0.25, 0.3) is 0 Å². The number of ether oxygens (including phenoxy) is 1. The Labute approximate surface area is 118 Å². The Morgan fingerprint density at radius 2 is 1.84 bits per heavy atom. The minimum absolute atomic E-state index is 0.575. The largest absolute Gasteiger partial charge is 0.378 e. The maximum Gasteiger partial charge on any atom is 0.0575 e. The van der Waals surface area contributed by atoms with Crippen molar-refractivity contribution in [3.05, 3.63) is 0 Å². The molecule has 2 aliphatic carbocycles. The standard InChI is InChI=1S/C16H30N2O/c1-2-5-16(6-3-1)19-12-4-10-17-14-9-11-18(13-14)15-7-8-15/h14-17H,1-13H2. The summed E-state index contributed by atoms with van der Waals surface area (Å²) in [5.41, 5.74) is 0. The molecule has 3 rings (SSSR count). The zero-order valence-electron chi connectivity index (χ0n) is 12.3. The molecule has 0 radical (unpaired) electrons. The molecule has 0 amide bonds. The third-order valence-electron chi connectivity index (χ3n) is 4.94. The van der Waals surface area contributed by atoms with Crippen LogP contribution in [0.3, 0.4) is 0 Å². The first-order valence-corrected chi connectivity index (χ1v) is 8.51. The van der Waals surface area contributed by atoms with Crippen molar-refractivity contribution in [1.82, 2.24) is 10.2 Å². The fraction of sp³-hybridized carbons (Fsp3) is 1.00. The topological polar surface area (TPSA) is 24.5 Å². The fourth-order valence-corrected chi connectivity index (χ4v) is 3.59. The van der Waals surface area contributed by atoms with E-state index in [1.165, 1.54) is 70.9 Å². The average Bonchev–Trinajstić information content (AvgIpc) is 3.20. The normalized spacial score (nSPS) is 30.0. The number of hydrogen-bond donors (Lipinski definition) is 1. The fourth-order valence-electron chi connectivity index (χ4n) is 3.59. The molecule has 3 nitrogen and oxygen atoms in total. The van der Waals surface area contributed by atoms with Crippen LogP contribution in [0.25, 0.3) is 0 Å². The Bertz CT molecular complexity index is 261. The van der Waals surface area contributed by atoms with Crippen molar-refractivity contribution in [2.24, 2.45) is 0 Å².